The van der Waals surface area contributed by atoms with Gasteiger partial charge in [0.2, 0.25) is 0 Å². The highest BCUT2D eigenvalue weighted by molar-refractivity contribution is 7.16. The number of rotatable bonds is 10. The van der Waals surface area contributed by atoms with Crippen LogP contribution in [0, 0.1) is 11.6 Å². The van der Waals surface area contributed by atoms with Gasteiger partial charge in [0.1, 0.15) is 17.4 Å². The highest BCUT2D eigenvalue weighted by Gasteiger charge is 2.24. The van der Waals surface area contributed by atoms with Crippen LogP contribution in [0.5, 0.6) is 5.75 Å². The summed E-state index contributed by atoms with van der Waals surface area (Å²) in [6, 6.07) is 7.65. The molecule has 0 fully saturated rings. The number of hydrogen-bond donors (Lipinski definition) is 2. The molecule has 37 heavy (non-hydrogen) atoms. The largest absolute Gasteiger partial charge is 0.493 e. The smallest absolute Gasteiger partial charge is 0.331 e. The number of halogens is 2. The van der Waals surface area contributed by atoms with E-state index in [1.807, 2.05) is 18.2 Å². The molecule has 0 saturated carbocycles. The number of unbranched alkanes of at least 4 members (excludes halogenated alkanes) is 3. The first-order valence-corrected chi connectivity index (χ1v) is 13.1. The molecule has 2 aromatic carbocycles. The van der Waals surface area contributed by atoms with Crippen molar-refractivity contribution >= 4 is 34.4 Å². The third-order valence-corrected chi connectivity index (χ3v) is 7.23. The molecule has 4 rings (SSSR count). The maximum absolute atomic E-state index is 14.5. The predicted molar refractivity (Wildman–Crippen MR) is 140 cm³/mol. The lowest BCUT2D eigenvalue weighted by molar-refractivity contribution is -0.132. The normalized spacial score (nSPS) is 12.6. The van der Waals surface area contributed by atoms with E-state index in [1.54, 1.807) is 0 Å². The van der Waals surface area contributed by atoms with Gasteiger partial charge in [0.25, 0.3) is 5.91 Å². The van der Waals surface area contributed by atoms with Crippen LogP contribution in [-0.4, -0.2) is 28.6 Å². The average molecular weight is 527 g/mol. The number of ether oxygens (including phenoxy) is 1. The van der Waals surface area contributed by atoms with Crippen LogP contribution < -0.4 is 10.1 Å². The summed E-state index contributed by atoms with van der Waals surface area (Å²) in [4.78, 5) is 29.4. The molecule has 1 aliphatic rings. The molecule has 3 aromatic rings. The zero-order valence-corrected chi connectivity index (χ0v) is 21.5. The minimum absolute atomic E-state index is 0.228. The first-order valence-electron chi connectivity index (χ1n) is 12.2. The number of aryl methyl sites for hydroxylation is 1. The Morgan fingerprint density at radius 2 is 1.92 bits per heavy atom. The maximum atomic E-state index is 14.5. The van der Waals surface area contributed by atoms with Gasteiger partial charge in [-0.05, 0) is 50.5 Å². The number of thiazole rings is 1. The second kappa shape index (κ2) is 11.6. The second-order valence-electron chi connectivity index (χ2n) is 8.92. The molecule has 2 N–H and O–H groups in total. The van der Waals surface area contributed by atoms with Crippen molar-refractivity contribution in [2.24, 2.45) is 0 Å². The van der Waals surface area contributed by atoms with Crippen molar-refractivity contribution in [2.75, 3.05) is 11.9 Å². The molecule has 1 aromatic heterocycles. The number of carbonyl (C=O) groups excluding carboxylic acids is 1. The molecule has 9 heteroatoms. The molecule has 1 heterocycles. The molecule has 0 saturated heterocycles. The summed E-state index contributed by atoms with van der Waals surface area (Å²) >= 11 is 1.33. The van der Waals surface area contributed by atoms with Gasteiger partial charge in [-0.3, -0.25) is 10.1 Å². The summed E-state index contributed by atoms with van der Waals surface area (Å²) in [6.45, 7) is 4.07. The molecule has 194 valence electrons. The third kappa shape index (κ3) is 6.05. The van der Waals surface area contributed by atoms with E-state index >= 15 is 0 Å². The molecule has 0 bridgehead atoms. The van der Waals surface area contributed by atoms with E-state index in [9.17, 15) is 18.4 Å². The molecule has 1 amide bonds. The van der Waals surface area contributed by atoms with Crippen LogP contribution in [0.25, 0.3) is 17.3 Å². The van der Waals surface area contributed by atoms with Crippen molar-refractivity contribution in [2.45, 2.75) is 52.4 Å². The fourth-order valence-corrected chi connectivity index (χ4v) is 5.19. The van der Waals surface area contributed by atoms with Gasteiger partial charge in [-0.15, -0.1) is 11.3 Å². The van der Waals surface area contributed by atoms with E-state index in [4.69, 9.17) is 9.84 Å². The highest BCUT2D eigenvalue weighted by Crippen LogP contribution is 2.41. The van der Waals surface area contributed by atoms with Crippen molar-refractivity contribution in [3.8, 4) is 17.0 Å². The van der Waals surface area contributed by atoms with Crippen molar-refractivity contribution in [3.63, 3.8) is 0 Å². The van der Waals surface area contributed by atoms with E-state index in [2.05, 4.69) is 17.2 Å². The van der Waals surface area contributed by atoms with Crippen LogP contribution in [0.2, 0.25) is 0 Å². The monoisotopic (exact) mass is 526 g/mol. The predicted octanol–water partition coefficient (Wildman–Crippen LogP) is 6.89. The van der Waals surface area contributed by atoms with Gasteiger partial charge in [0.05, 0.1) is 12.3 Å². The van der Waals surface area contributed by atoms with Crippen molar-refractivity contribution in [1.29, 1.82) is 0 Å². The Bertz CT molecular complexity index is 1340. The number of fused-ring (bicyclic) bond motifs is 3. The molecule has 0 aliphatic heterocycles. The summed E-state index contributed by atoms with van der Waals surface area (Å²) in [7, 11) is 0. The minimum Gasteiger partial charge on any atom is -0.493 e. The zero-order chi connectivity index (χ0) is 26.5. The average Bonchev–Trinajstić information content (AvgIpc) is 3.28. The first kappa shape index (κ1) is 26.5. The van der Waals surface area contributed by atoms with E-state index < -0.39 is 29.1 Å². The number of amides is 1. The van der Waals surface area contributed by atoms with Gasteiger partial charge in [0, 0.05) is 32.7 Å². The van der Waals surface area contributed by atoms with Gasteiger partial charge in [0.15, 0.2) is 5.13 Å². The van der Waals surface area contributed by atoms with Gasteiger partial charge in [-0.1, -0.05) is 38.3 Å². The molecular weight excluding hydrogens is 498 g/mol. The van der Waals surface area contributed by atoms with Gasteiger partial charge < -0.3 is 9.84 Å². The summed E-state index contributed by atoms with van der Waals surface area (Å²) < 4.78 is 35.0. The lowest BCUT2D eigenvalue weighted by atomic mass is 9.93. The number of carboxylic acid groups (broad SMARTS) is 1. The fraction of sp³-hybridized carbons (Fsp3) is 0.321. The number of aliphatic carboxylic acids is 1. The SMILES string of the molecule is CCCCCCOc1cccc2c1CCc1sc(NC(=O)c3cc(F)c(/C=C(\C)C(=O)O)c(F)c3)nc1-2. The van der Waals surface area contributed by atoms with E-state index in [1.165, 1.54) is 31.1 Å². The fourth-order valence-electron chi connectivity index (χ4n) is 4.22. The molecule has 0 radical (unpaired) electrons. The number of nitrogens with zero attached hydrogens (tertiary/aromatic N) is 1. The van der Waals surface area contributed by atoms with E-state index in [0.717, 1.165) is 71.3 Å². The summed E-state index contributed by atoms with van der Waals surface area (Å²) in [5.41, 5.74) is 1.87. The quantitative estimate of drug-likeness (QED) is 0.222. The summed E-state index contributed by atoms with van der Waals surface area (Å²) in [5.74, 6) is -3.20. The number of carbonyl (C=O) groups is 2. The van der Waals surface area contributed by atoms with Gasteiger partial charge >= 0.3 is 5.97 Å². The summed E-state index contributed by atoms with van der Waals surface area (Å²) in [6.07, 6.45) is 6.95. The van der Waals surface area contributed by atoms with E-state index in [-0.39, 0.29) is 11.1 Å². The number of carboxylic acids is 1. The third-order valence-electron chi connectivity index (χ3n) is 6.20. The zero-order valence-electron chi connectivity index (χ0n) is 20.7. The molecule has 0 atom stereocenters. The van der Waals surface area contributed by atoms with E-state index in [0.29, 0.717) is 11.7 Å². The number of aromatic nitrogens is 1. The molecule has 0 spiro atoms. The Balaban J connectivity index is 1.51. The first-order chi connectivity index (χ1) is 17.8. The number of hydrogen-bond acceptors (Lipinski definition) is 5. The standard InChI is InChI=1S/C28H28F2N2O4S/c1-3-4-5-6-12-36-23-9-7-8-19-18(23)10-11-24-25(19)31-28(37-24)32-26(33)17-14-21(29)20(22(30)15-17)13-16(2)27(34)35/h7-9,13-15H,3-6,10-12H2,1-2H3,(H,34,35)(H,31,32,33)/b16-13+. The lowest BCUT2D eigenvalue weighted by Gasteiger charge is -2.19. The topological polar surface area (TPSA) is 88.5 Å². The van der Waals surface area contributed by atoms with Crippen LogP contribution in [0.1, 0.15) is 65.9 Å². The van der Waals surface area contributed by atoms with Crippen molar-refractivity contribution < 1.29 is 28.2 Å². The van der Waals surface area contributed by atoms with Crippen LogP contribution >= 0.6 is 11.3 Å². The number of anilines is 1. The van der Waals surface area contributed by atoms with Crippen molar-refractivity contribution in [1.82, 2.24) is 4.98 Å². The molecule has 0 unspecified atom stereocenters. The molecule has 6 nitrogen and oxygen atoms in total. The molecule has 1 aliphatic carbocycles. The van der Waals surface area contributed by atoms with Crippen LogP contribution in [0.15, 0.2) is 35.9 Å². The Labute approximate surface area is 218 Å². The van der Waals surface area contributed by atoms with Crippen LogP contribution in [0.4, 0.5) is 13.9 Å². The minimum atomic E-state index is -1.29. The lowest BCUT2D eigenvalue weighted by Crippen LogP contribution is -2.13. The van der Waals surface area contributed by atoms with Gasteiger partial charge in [-0.25, -0.2) is 18.6 Å². The Hall–Kier alpha value is -3.59. The van der Waals surface area contributed by atoms with Crippen LogP contribution in [-0.2, 0) is 17.6 Å². The van der Waals surface area contributed by atoms with Crippen LogP contribution in [0.3, 0.4) is 0 Å². The maximum Gasteiger partial charge on any atom is 0.331 e. The summed E-state index contributed by atoms with van der Waals surface area (Å²) in [5, 5.41) is 11.9. The molecular formula is C28H28F2N2O4S. The van der Waals surface area contributed by atoms with Crippen molar-refractivity contribution in [3.05, 3.63) is 69.1 Å². The Kier molecular flexibility index (Phi) is 8.33. The number of benzene rings is 2. The second-order valence-corrected chi connectivity index (χ2v) is 10.0. The Morgan fingerprint density at radius 1 is 1.16 bits per heavy atom. The Morgan fingerprint density at radius 3 is 2.62 bits per heavy atom. The highest BCUT2D eigenvalue weighted by atomic mass is 32.1. The van der Waals surface area contributed by atoms with Gasteiger partial charge in [-0.2, -0.15) is 0 Å². The number of nitrogens with one attached hydrogen (secondary N) is 1.